The zero-order chi connectivity index (χ0) is 16.9. The van der Waals surface area contributed by atoms with Crippen molar-refractivity contribution in [2.24, 2.45) is 0 Å². The number of rotatable bonds is 7. The first-order valence-corrected chi connectivity index (χ1v) is 8.50. The summed E-state index contributed by atoms with van der Waals surface area (Å²) in [6.45, 7) is 8.32. The molecule has 24 heavy (non-hydrogen) atoms. The van der Waals surface area contributed by atoms with E-state index in [0.717, 1.165) is 54.7 Å². The van der Waals surface area contributed by atoms with Crippen LogP contribution in [-0.2, 0) is 0 Å². The van der Waals surface area contributed by atoms with Crippen LogP contribution in [0.25, 0.3) is 5.65 Å². The average Bonchev–Trinajstić information content (AvgIpc) is 3.02. The van der Waals surface area contributed by atoms with Gasteiger partial charge in [0.1, 0.15) is 23.1 Å². The van der Waals surface area contributed by atoms with Crippen LogP contribution in [0.3, 0.4) is 0 Å². The van der Waals surface area contributed by atoms with Crippen LogP contribution in [0.2, 0.25) is 0 Å². The summed E-state index contributed by atoms with van der Waals surface area (Å²) in [4.78, 5) is 15.8. The van der Waals surface area contributed by atoms with Gasteiger partial charge in [0.2, 0.25) is 0 Å². The minimum atomic E-state index is 0.772. The number of imidazole rings is 1. The van der Waals surface area contributed by atoms with Gasteiger partial charge in [-0.2, -0.15) is 0 Å². The molecule has 126 valence electrons. The molecule has 0 unspecified atom stereocenters. The summed E-state index contributed by atoms with van der Waals surface area (Å²) >= 11 is 0. The minimum absolute atomic E-state index is 0.772. The smallest absolute Gasteiger partial charge is 0.138 e. The molecule has 3 aromatic heterocycles. The van der Waals surface area contributed by atoms with E-state index in [0.29, 0.717) is 0 Å². The zero-order valence-corrected chi connectivity index (χ0v) is 14.5. The lowest BCUT2D eigenvalue weighted by Crippen LogP contribution is -2.26. The Morgan fingerprint density at radius 3 is 2.62 bits per heavy atom. The second kappa shape index (κ2) is 7.29. The van der Waals surface area contributed by atoms with E-state index in [-0.39, 0.29) is 0 Å². The molecule has 0 aliphatic heterocycles. The van der Waals surface area contributed by atoms with Crippen molar-refractivity contribution < 1.29 is 0 Å². The van der Waals surface area contributed by atoms with Crippen LogP contribution in [0, 0.1) is 6.92 Å². The summed E-state index contributed by atoms with van der Waals surface area (Å²) < 4.78 is 1.98. The molecule has 0 aliphatic rings. The van der Waals surface area contributed by atoms with Gasteiger partial charge in [0.05, 0.1) is 0 Å². The summed E-state index contributed by atoms with van der Waals surface area (Å²) in [5, 5.41) is 3.38. The van der Waals surface area contributed by atoms with Crippen LogP contribution in [0.4, 0.5) is 17.3 Å². The highest BCUT2D eigenvalue weighted by Gasteiger charge is 2.10. The van der Waals surface area contributed by atoms with Crippen molar-refractivity contribution in [1.29, 1.82) is 0 Å². The van der Waals surface area contributed by atoms with Crippen LogP contribution in [0.15, 0.2) is 36.8 Å². The van der Waals surface area contributed by atoms with Crippen LogP contribution < -0.4 is 10.2 Å². The predicted molar refractivity (Wildman–Crippen MR) is 98.0 cm³/mol. The Labute approximate surface area is 142 Å². The van der Waals surface area contributed by atoms with Gasteiger partial charge in [0.15, 0.2) is 0 Å². The van der Waals surface area contributed by atoms with Gasteiger partial charge in [-0.25, -0.2) is 15.0 Å². The molecule has 1 N–H and O–H groups in total. The Balaban J connectivity index is 1.87. The normalized spacial score (nSPS) is 11.0. The largest absolute Gasteiger partial charge is 0.356 e. The predicted octanol–water partition coefficient (Wildman–Crippen LogP) is 3.80. The molecule has 6 nitrogen and oxygen atoms in total. The van der Waals surface area contributed by atoms with E-state index >= 15 is 0 Å². The first kappa shape index (κ1) is 16.2. The third-order valence-corrected chi connectivity index (χ3v) is 3.81. The van der Waals surface area contributed by atoms with Crippen molar-refractivity contribution >= 4 is 23.0 Å². The molecule has 0 fully saturated rings. The third-order valence-electron chi connectivity index (χ3n) is 3.81. The van der Waals surface area contributed by atoms with Crippen LogP contribution in [-0.4, -0.2) is 32.4 Å². The molecule has 3 rings (SSSR count). The average molecular weight is 324 g/mol. The van der Waals surface area contributed by atoms with Gasteiger partial charge in [-0.3, -0.25) is 0 Å². The Bertz CT molecular complexity index is 804. The fourth-order valence-electron chi connectivity index (χ4n) is 2.79. The maximum atomic E-state index is 4.61. The molecule has 0 spiro atoms. The minimum Gasteiger partial charge on any atom is -0.356 e. The van der Waals surface area contributed by atoms with Gasteiger partial charge in [-0.15, -0.1) is 0 Å². The lowest BCUT2D eigenvalue weighted by molar-refractivity contribution is 0.730. The molecule has 6 heteroatoms. The fourth-order valence-corrected chi connectivity index (χ4v) is 2.79. The zero-order valence-electron chi connectivity index (χ0n) is 14.5. The van der Waals surface area contributed by atoms with Crippen molar-refractivity contribution in [1.82, 2.24) is 19.4 Å². The number of hydrogen-bond donors (Lipinski definition) is 1. The van der Waals surface area contributed by atoms with Gasteiger partial charge >= 0.3 is 0 Å². The maximum Gasteiger partial charge on any atom is 0.138 e. The van der Waals surface area contributed by atoms with Gasteiger partial charge in [0.25, 0.3) is 0 Å². The van der Waals surface area contributed by atoms with Crippen molar-refractivity contribution in [3.8, 4) is 0 Å². The number of anilines is 3. The Hall–Kier alpha value is -2.63. The van der Waals surface area contributed by atoms with E-state index in [4.69, 9.17) is 0 Å². The van der Waals surface area contributed by atoms with E-state index in [1.807, 2.05) is 41.9 Å². The quantitative estimate of drug-likeness (QED) is 0.716. The highest BCUT2D eigenvalue weighted by atomic mass is 15.2. The van der Waals surface area contributed by atoms with Crippen LogP contribution in [0.1, 0.15) is 32.5 Å². The molecule has 0 aromatic carbocycles. The first-order chi connectivity index (χ1) is 11.7. The van der Waals surface area contributed by atoms with E-state index in [1.54, 1.807) is 6.20 Å². The second-order valence-corrected chi connectivity index (χ2v) is 5.88. The molecular weight excluding hydrogens is 300 g/mol. The van der Waals surface area contributed by atoms with E-state index in [1.165, 1.54) is 0 Å². The summed E-state index contributed by atoms with van der Waals surface area (Å²) in [5.74, 6) is 2.57. The Morgan fingerprint density at radius 2 is 1.88 bits per heavy atom. The molecule has 0 atom stereocenters. The molecule has 3 heterocycles. The molecule has 0 amide bonds. The van der Waals surface area contributed by atoms with Crippen LogP contribution in [0.5, 0.6) is 0 Å². The highest BCUT2D eigenvalue weighted by molar-refractivity contribution is 5.63. The van der Waals surface area contributed by atoms with E-state index in [2.05, 4.69) is 39.0 Å². The number of fused-ring (bicyclic) bond motifs is 1. The summed E-state index contributed by atoms with van der Waals surface area (Å²) in [5.41, 5.74) is 1.87. The fraction of sp³-hybridized carbons (Fsp3) is 0.389. The standard InChI is InChI=1S/C18H24N6/c1-4-8-23(9-5-2)18-13-16(20-14(3)21-18)22-15-6-10-24-11-7-19-17(24)12-15/h6-7,10-13H,4-5,8-9H2,1-3H3,(H,20,21,22). The SMILES string of the molecule is CCCN(CCC)c1cc(Nc2ccn3ccnc3c2)nc(C)n1. The first-order valence-electron chi connectivity index (χ1n) is 8.50. The summed E-state index contributed by atoms with van der Waals surface area (Å²) in [6.07, 6.45) is 7.91. The Kier molecular flexibility index (Phi) is 4.93. The third kappa shape index (κ3) is 3.64. The maximum absolute atomic E-state index is 4.61. The number of pyridine rings is 1. The molecule has 0 saturated carbocycles. The molecule has 0 radical (unpaired) electrons. The number of aromatic nitrogens is 4. The van der Waals surface area contributed by atoms with E-state index in [9.17, 15) is 0 Å². The highest BCUT2D eigenvalue weighted by Crippen LogP contribution is 2.21. The van der Waals surface area contributed by atoms with Crippen molar-refractivity contribution in [3.05, 3.63) is 42.6 Å². The lowest BCUT2D eigenvalue weighted by Gasteiger charge is -2.23. The van der Waals surface area contributed by atoms with E-state index < -0.39 is 0 Å². The van der Waals surface area contributed by atoms with Gasteiger partial charge in [-0.1, -0.05) is 13.8 Å². The summed E-state index contributed by atoms with van der Waals surface area (Å²) in [6, 6.07) is 6.04. The van der Waals surface area contributed by atoms with Crippen molar-refractivity contribution in [2.45, 2.75) is 33.6 Å². The number of nitrogens with zero attached hydrogens (tertiary/aromatic N) is 5. The molecule has 3 aromatic rings. The molecule has 0 aliphatic carbocycles. The van der Waals surface area contributed by atoms with Crippen molar-refractivity contribution in [2.75, 3.05) is 23.3 Å². The second-order valence-electron chi connectivity index (χ2n) is 5.88. The number of nitrogens with one attached hydrogen (secondary N) is 1. The molecular formula is C18H24N6. The van der Waals surface area contributed by atoms with Crippen LogP contribution >= 0.6 is 0 Å². The molecule has 0 saturated heterocycles. The number of aryl methyl sites for hydroxylation is 1. The number of hydrogen-bond acceptors (Lipinski definition) is 5. The molecule has 0 bridgehead atoms. The monoisotopic (exact) mass is 324 g/mol. The summed E-state index contributed by atoms with van der Waals surface area (Å²) in [7, 11) is 0. The van der Waals surface area contributed by atoms with Crippen molar-refractivity contribution in [3.63, 3.8) is 0 Å². The van der Waals surface area contributed by atoms with Gasteiger partial charge in [-0.05, 0) is 25.8 Å². The van der Waals surface area contributed by atoms with Gasteiger partial charge < -0.3 is 14.6 Å². The topological polar surface area (TPSA) is 58.4 Å². The lowest BCUT2D eigenvalue weighted by atomic mass is 10.3. The van der Waals surface area contributed by atoms with Gasteiger partial charge in [0, 0.05) is 49.5 Å². The Morgan fingerprint density at radius 1 is 1.08 bits per heavy atom.